The Bertz CT molecular complexity index is 919. The molecule has 0 spiro atoms. The largest absolute Gasteiger partial charge is 0.373 e. The Morgan fingerprint density at radius 2 is 2.03 bits per heavy atom. The van der Waals surface area contributed by atoms with Gasteiger partial charge in [0.05, 0.1) is 11.6 Å². The zero-order valence-corrected chi connectivity index (χ0v) is 17.5. The molecule has 0 saturated carbocycles. The number of rotatable bonds is 5. The first-order valence-corrected chi connectivity index (χ1v) is 10.6. The summed E-state index contributed by atoms with van der Waals surface area (Å²) in [5.74, 6) is 1.53. The number of anilines is 1. The van der Waals surface area contributed by atoms with Crippen molar-refractivity contribution in [1.82, 2.24) is 24.8 Å². The zero-order valence-electron chi connectivity index (χ0n) is 17.5. The summed E-state index contributed by atoms with van der Waals surface area (Å²) in [5, 5.41) is 3.12. The van der Waals surface area contributed by atoms with Gasteiger partial charge in [-0.2, -0.15) is 0 Å². The van der Waals surface area contributed by atoms with Crippen LogP contribution in [-0.2, 0) is 9.59 Å². The lowest BCUT2D eigenvalue weighted by Gasteiger charge is -2.34. The number of pyridine rings is 1. The van der Waals surface area contributed by atoms with Crippen LogP contribution in [0.25, 0.3) is 11.4 Å². The number of aromatic nitrogens is 3. The van der Waals surface area contributed by atoms with Crippen molar-refractivity contribution < 1.29 is 9.59 Å². The van der Waals surface area contributed by atoms with Crippen molar-refractivity contribution in [3.63, 3.8) is 0 Å². The predicted molar refractivity (Wildman–Crippen MR) is 114 cm³/mol. The van der Waals surface area contributed by atoms with Crippen LogP contribution in [0.15, 0.2) is 30.6 Å². The van der Waals surface area contributed by atoms with E-state index in [0.29, 0.717) is 31.9 Å². The number of nitrogens with one attached hydrogen (secondary N) is 1. The first kappa shape index (κ1) is 20.3. The zero-order chi connectivity index (χ0) is 21.1. The van der Waals surface area contributed by atoms with E-state index >= 15 is 0 Å². The van der Waals surface area contributed by atoms with Gasteiger partial charge in [0.15, 0.2) is 5.82 Å². The van der Waals surface area contributed by atoms with Gasteiger partial charge in [0.2, 0.25) is 11.8 Å². The van der Waals surface area contributed by atoms with E-state index in [9.17, 15) is 9.59 Å². The SMILES string of the molecule is CCN1CC(C(=O)N2CCCC(c3cc(NC)nc(-c4ccncc4)n3)C2)CC1=O. The van der Waals surface area contributed by atoms with Gasteiger partial charge in [0, 0.05) is 69.6 Å². The molecule has 2 atom stereocenters. The Morgan fingerprint density at radius 3 is 2.73 bits per heavy atom. The Labute approximate surface area is 176 Å². The van der Waals surface area contributed by atoms with E-state index in [2.05, 4.69) is 15.3 Å². The van der Waals surface area contributed by atoms with E-state index in [1.165, 1.54) is 0 Å². The average Bonchev–Trinajstić information content (AvgIpc) is 3.19. The van der Waals surface area contributed by atoms with E-state index in [1.807, 2.05) is 37.1 Å². The highest BCUT2D eigenvalue weighted by Crippen LogP contribution is 2.30. The van der Waals surface area contributed by atoms with Gasteiger partial charge in [0.1, 0.15) is 5.82 Å². The second-order valence-corrected chi connectivity index (χ2v) is 7.94. The molecular formula is C22H28N6O2. The monoisotopic (exact) mass is 408 g/mol. The lowest BCUT2D eigenvalue weighted by Crippen LogP contribution is -2.43. The number of hydrogen-bond donors (Lipinski definition) is 1. The highest BCUT2D eigenvalue weighted by molar-refractivity contribution is 5.89. The van der Waals surface area contributed by atoms with E-state index in [4.69, 9.17) is 4.98 Å². The number of amides is 2. The normalized spacial score (nSPS) is 21.7. The molecule has 2 aliphatic rings. The third-order valence-corrected chi connectivity index (χ3v) is 6.04. The number of carbonyl (C=O) groups is 2. The minimum atomic E-state index is -0.221. The minimum Gasteiger partial charge on any atom is -0.373 e. The van der Waals surface area contributed by atoms with E-state index < -0.39 is 0 Å². The van der Waals surface area contributed by atoms with E-state index in [1.54, 1.807) is 17.3 Å². The van der Waals surface area contributed by atoms with Crippen molar-refractivity contribution >= 4 is 17.6 Å². The highest BCUT2D eigenvalue weighted by atomic mass is 16.2. The van der Waals surface area contributed by atoms with Gasteiger partial charge < -0.3 is 15.1 Å². The lowest BCUT2D eigenvalue weighted by molar-refractivity contribution is -0.137. The van der Waals surface area contributed by atoms with Crippen LogP contribution in [0, 0.1) is 5.92 Å². The fraction of sp³-hybridized carbons (Fsp3) is 0.500. The summed E-state index contributed by atoms with van der Waals surface area (Å²) in [6, 6.07) is 5.76. The second-order valence-electron chi connectivity index (χ2n) is 7.94. The molecule has 158 valence electrons. The van der Waals surface area contributed by atoms with Crippen molar-refractivity contribution in [2.75, 3.05) is 38.5 Å². The van der Waals surface area contributed by atoms with Crippen LogP contribution >= 0.6 is 0 Å². The van der Waals surface area contributed by atoms with Gasteiger partial charge in [-0.1, -0.05) is 0 Å². The summed E-state index contributed by atoms with van der Waals surface area (Å²) in [5.41, 5.74) is 1.85. The maximum absolute atomic E-state index is 13.1. The van der Waals surface area contributed by atoms with Gasteiger partial charge >= 0.3 is 0 Å². The number of hydrogen-bond acceptors (Lipinski definition) is 6. The standard InChI is InChI=1S/C22H28N6O2/c1-3-27-14-17(11-20(27)29)22(30)28-10-4-5-16(13-28)18-12-19(23-2)26-21(25-18)15-6-8-24-9-7-15/h6-9,12,16-17H,3-5,10-11,13-14H2,1-2H3,(H,23,25,26). The molecule has 8 nitrogen and oxygen atoms in total. The quantitative estimate of drug-likeness (QED) is 0.815. The molecule has 30 heavy (non-hydrogen) atoms. The number of carbonyl (C=O) groups excluding carboxylic acids is 2. The fourth-order valence-electron chi connectivity index (χ4n) is 4.35. The maximum atomic E-state index is 13.1. The first-order valence-electron chi connectivity index (χ1n) is 10.6. The Balaban J connectivity index is 1.53. The highest BCUT2D eigenvalue weighted by Gasteiger charge is 2.37. The molecular weight excluding hydrogens is 380 g/mol. The molecule has 2 amide bonds. The molecule has 0 aromatic carbocycles. The molecule has 0 bridgehead atoms. The molecule has 2 aromatic heterocycles. The van der Waals surface area contributed by atoms with Crippen LogP contribution in [0.3, 0.4) is 0 Å². The Morgan fingerprint density at radius 1 is 1.23 bits per heavy atom. The third kappa shape index (κ3) is 4.13. The van der Waals surface area contributed by atoms with Crippen LogP contribution in [-0.4, -0.2) is 69.8 Å². The summed E-state index contributed by atoms with van der Waals surface area (Å²) < 4.78 is 0. The fourth-order valence-corrected chi connectivity index (χ4v) is 4.35. The number of likely N-dealkylation sites (tertiary alicyclic amines) is 2. The van der Waals surface area contributed by atoms with Gasteiger partial charge in [-0.15, -0.1) is 0 Å². The molecule has 2 aliphatic heterocycles. The van der Waals surface area contributed by atoms with Crippen molar-refractivity contribution in [3.8, 4) is 11.4 Å². The summed E-state index contributed by atoms with van der Waals surface area (Å²) in [6.07, 6.45) is 5.70. The van der Waals surface area contributed by atoms with Crippen molar-refractivity contribution in [3.05, 3.63) is 36.3 Å². The number of piperidine rings is 1. The predicted octanol–water partition coefficient (Wildman–Crippen LogP) is 2.15. The van der Waals surface area contributed by atoms with Crippen molar-refractivity contribution in [2.45, 2.75) is 32.1 Å². The first-order chi connectivity index (χ1) is 14.6. The minimum absolute atomic E-state index is 0.0841. The lowest BCUT2D eigenvalue weighted by atomic mass is 9.93. The maximum Gasteiger partial charge on any atom is 0.228 e. The summed E-state index contributed by atoms with van der Waals surface area (Å²) in [4.78, 5) is 42.3. The van der Waals surface area contributed by atoms with Gasteiger partial charge in [0.25, 0.3) is 0 Å². The van der Waals surface area contributed by atoms with E-state index in [-0.39, 0.29) is 23.7 Å². The molecule has 0 aliphatic carbocycles. The topological polar surface area (TPSA) is 91.3 Å². The second kappa shape index (κ2) is 8.77. The molecule has 4 heterocycles. The van der Waals surface area contributed by atoms with Crippen LogP contribution < -0.4 is 5.32 Å². The smallest absolute Gasteiger partial charge is 0.228 e. The number of nitrogens with zero attached hydrogens (tertiary/aromatic N) is 5. The Hall–Kier alpha value is -3.03. The third-order valence-electron chi connectivity index (χ3n) is 6.04. The molecule has 8 heteroatoms. The van der Waals surface area contributed by atoms with Gasteiger partial charge in [-0.3, -0.25) is 14.6 Å². The van der Waals surface area contributed by atoms with Gasteiger partial charge in [-0.25, -0.2) is 9.97 Å². The van der Waals surface area contributed by atoms with Crippen LogP contribution in [0.4, 0.5) is 5.82 Å². The summed E-state index contributed by atoms with van der Waals surface area (Å²) in [6.45, 7) is 4.53. The van der Waals surface area contributed by atoms with Crippen LogP contribution in [0.5, 0.6) is 0 Å². The van der Waals surface area contributed by atoms with Crippen LogP contribution in [0.2, 0.25) is 0 Å². The molecule has 1 N–H and O–H groups in total. The molecule has 2 unspecified atom stereocenters. The Kier molecular flexibility index (Phi) is 5.92. The van der Waals surface area contributed by atoms with Crippen LogP contribution in [0.1, 0.15) is 37.8 Å². The van der Waals surface area contributed by atoms with Crippen molar-refractivity contribution in [1.29, 1.82) is 0 Å². The summed E-state index contributed by atoms with van der Waals surface area (Å²) >= 11 is 0. The molecule has 4 rings (SSSR count). The molecule has 2 fully saturated rings. The molecule has 0 radical (unpaired) electrons. The van der Waals surface area contributed by atoms with E-state index in [0.717, 1.165) is 36.5 Å². The van der Waals surface area contributed by atoms with Gasteiger partial charge in [-0.05, 0) is 31.9 Å². The average molecular weight is 409 g/mol. The molecule has 2 saturated heterocycles. The molecule has 2 aromatic rings. The van der Waals surface area contributed by atoms with Crippen molar-refractivity contribution in [2.24, 2.45) is 5.92 Å². The summed E-state index contributed by atoms with van der Waals surface area (Å²) in [7, 11) is 1.84.